The van der Waals surface area contributed by atoms with Crippen LogP contribution in [0.5, 0.6) is 5.75 Å². The topological polar surface area (TPSA) is 64.8 Å². The van der Waals surface area contributed by atoms with E-state index in [0.717, 1.165) is 17.0 Å². The molecule has 25 heavy (non-hydrogen) atoms. The summed E-state index contributed by atoms with van der Waals surface area (Å²) in [4.78, 5) is 14.7. The summed E-state index contributed by atoms with van der Waals surface area (Å²) in [5.41, 5.74) is 2.38. The highest BCUT2D eigenvalue weighted by atomic mass is 16.5. The van der Waals surface area contributed by atoms with Crippen LogP contribution in [0.3, 0.4) is 0 Å². The fourth-order valence-electron chi connectivity index (χ4n) is 2.93. The molecule has 2 heterocycles. The van der Waals surface area contributed by atoms with Crippen molar-refractivity contribution in [3.05, 3.63) is 46.8 Å². The van der Waals surface area contributed by atoms with Crippen LogP contribution >= 0.6 is 0 Å². The van der Waals surface area contributed by atoms with Gasteiger partial charge in [-0.05, 0) is 45.9 Å². The van der Waals surface area contributed by atoms with Gasteiger partial charge in [-0.2, -0.15) is 0 Å². The first-order valence-electron chi connectivity index (χ1n) is 8.53. The third kappa shape index (κ3) is 3.85. The molecule has 0 saturated carbocycles. The quantitative estimate of drug-likeness (QED) is 0.853. The number of carbonyl (C=O) groups is 1. The van der Waals surface area contributed by atoms with Gasteiger partial charge in [0.1, 0.15) is 18.1 Å². The van der Waals surface area contributed by atoms with Crippen molar-refractivity contribution in [1.82, 2.24) is 10.1 Å². The molecule has 2 atom stereocenters. The van der Waals surface area contributed by atoms with Crippen molar-refractivity contribution in [2.75, 3.05) is 13.2 Å². The van der Waals surface area contributed by atoms with E-state index in [1.165, 1.54) is 0 Å². The van der Waals surface area contributed by atoms with Crippen molar-refractivity contribution in [2.45, 2.75) is 46.4 Å². The number of morpholine rings is 1. The number of carbonyl (C=O) groups excluding carboxylic acids is 1. The Kier molecular flexibility index (Phi) is 5.08. The van der Waals surface area contributed by atoms with Gasteiger partial charge in [0, 0.05) is 12.1 Å². The second kappa shape index (κ2) is 7.27. The normalized spacial score (nSPS) is 20.6. The Morgan fingerprint density at radius 3 is 2.88 bits per heavy atom. The molecule has 1 aromatic heterocycles. The summed E-state index contributed by atoms with van der Waals surface area (Å²) in [6, 6.07) is 7.35. The summed E-state index contributed by atoms with van der Waals surface area (Å²) in [6.07, 6.45) is 0.0547. The average Bonchev–Trinajstić information content (AvgIpc) is 2.93. The maximum absolute atomic E-state index is 12.8. The molecule has 1 aliphatic heterocycles. The molecule has 1 saturated heterocycles. The van der Waals surface area contributed by atoms with E-state index in [9.17, 15) is 4.79 Å². The summed E-state index contributed by atoms with van der Waals surface area (Å²) in [5.74, 6) is 1.41. The van der Waals surface area contributed by atoms with E-state index >= 15 is 0 Å². The SMILES string of the molecule is Cc1noc(C)c1COc1cccc(C(=O)N2C[C@H](C)OC[C@@H]2C)c1. The van der Waals surface area contributed by atoms with E-state index in [1.807, 2.05) is 50.8 Å². The van der Waals surface area contributed by atoms with Gasteiger partial charge in [0.05, 0.1) is 30.0 Å². The van der Waals surface area contributed by atoms with Gasteiger partial charge in [0.15, 0.2) is 0 Å². The second-order valence-corrected chi connectivity index (χ2v) is 6.57. The summed E-state index contributed by atoms with van der Waals surface area (Å²) in [6.45, 7) is 9.26. The van der Waals surface area contributed by atoms with Crippen molar-refractivity contribution < 1.29 is 18.8 Å². The van der Waals surface area contributed by atoms with E-state index in [-0.39, 0.29) is 18.1 Å². The van der Waals surface area contributed by atoms with Crippen LogP contribution in [0.4, 0.5) is 0 Å². The number of ether oxygens (including phenoxy) is 2. The summed E-state index contributed by atoms with van der Waals surface area (Å²) < 4.78 is 16.6. The molecule has 6 nitrogen and oxygen atoms in total. The predicted octanol–water partition coefficient (Wildman–Crippen LogP) is 3.12. The van der Waals surface area contributed by atoms with Crippen molar-refractivity contribution in [3.63, 3.8) is 0 Å². The van der Waals surface area contributed by atoms with Gasteiger partial charge >= 0.3 is 0 Å². The molecule has 2 aromatic rings. The summed E-state index contributed by atoms with van der Waals surface area (Å²) in [7, 11) is 0. The van der Waals surface area contributed by atoms with Gasteiger partial charge in [0.25, 0.3) is 5.91 Å². The Hall–Kier alpha value is -2.34. The van der Waals surface area contributed by atoms with Gasteiger partial charge in [-0.25, -0.2) is 0 Å². The maximum atomic E-state index is 12.8. The molecule has 0 spiro atoms. The average molecular weight is 344 g/mol. The molecule has 6 heteroatoms. The van der Waals surface area contributed by atoms with Crippen LogP contribution in [-0.2, 0) is 11.3 Å². The zero-order valence-electron chi connectivity index (χ0n) is 15.1. The van der Waals surface area contributed by atoms with Crippen molar-refractivity contribution in [1.29, 1.82) is 0 Å². The number of nitrogens with zero attached hydrogens (tertiary/aromatic N) is 2. The molecule has 1 amide bonds. The second-order valence-electron chi connectivity index (χ2n) is 6.57. The summed E-state index contributed by atoms with van der Waals surface area (Å²) >= 11 is 0. The lowest BCUT2D eigenvalue weighted by atomic mass is 10.1. The fourth-order valence-corrected chi connectivity index (χ4v) is 2.93. The smallest absolute Gasteiger partial charge is 0.254 e. The van der Waals surface area contributed by atoms with Gasteiger partial charge < -0.3 is 18.9 Å². The zero-order valence-corrected chi connectivity index (χ0v) is 15.1. The summed E-state index contributed by atoms with van der Waals surface area (Å²) in [5, 5.41) is 3.92. The Bertz CT molecular complexity index is 736. The molecule has 0 radical (unpaired) electrons. The Balaban J connectivity index is 1.71. The van der Waals surface area contributed by atoms with Crippen LogP contribution in [0.2, 0.25) is 0 Å². The standard InChI is InChI=1S/C19H24N2O4/c1-12-10-23-13(2)9-21(12)19(22)16-6-5-7-17(8-16)24-11-18-14(3)20-25-15(18)4/h5-8,12-13H,9-11H2,1-4H3/t12-,13-/m0/s1. The van der Waals surface area contributed by atoms with Crippen LogP contribution in [0.1, 0.15) is 41.2 Å². The number of aromatic nitrogens is 1. The first-order valence-corrected chi connectivity index (χ1v) is 8.53. The Morgan fingerprint density at radius 1 is 1.36 bits per heavy atom. The van der Waals surface area contributed by atoms with E-state index in [4.69, 9.17) is 14.0 Å². The lowest BCUT2D eigenvalue weighted by Crippen LogP contribution is -2.50. The predicted molar refractivity (Wildman–Crippen MR) is 92.7 cm³/mol. The Morgan fingerprint density at radius 2 is 2.16 bits per heavy atom. The molecule has 3 rings (SSSR count). The molecule has 0 aliphatic carbocycles. The van der Waals surface area contributed by atoms with E-state index in [2.05, 4.69) is 5.16 Å². The lowest BCUT2D eigenvalue weighted by Gasteiger charge is -2.36. The third-order valence-electron chi connectivity index (χ3n) is 4.51. The molecular weight excluding hydrogens is 320 g/mol. The van der Waals surface area contributed by atoms with Gasteiger partial charge in [-0.15, -0.1) is 0 Å². The van der Waals surface area contributed by atoms with E-state index in [1.54, 1.807) is 6.07 Å². The van der Waals surface area contributed by atoms with Crippen LogP contribution in [-0.4, -0.2) is 41.3 Å². The van der Waals surface area contributed by atoms with Gasteiger partial charge in [-0.1, -0.05) is 11.2 Å². The monoisotopic (exact) mass is 344 g/mol. The molecule has 1 aromatic carbocycles. The molecular formula is C19H24N2O4. The minimum Gasteiger partial charge on any atom is -0.489 e. The number of aryl methyl sites for hydroxylation is 2. The number of benzene rings is 1. The number of hydrogen-bond donors (Lipinski definition) is 0. The van der Waals surface area contributed by atoms with Crippen LogP contribution in [0.25, 0.3) is 0 Å². The largest absolute Gasteiger partial charge is 0.489 e. The highest BCUT2D eigenvalue weighted by Gasteiger charge is 2.28. The zero-order chi connectivity index (χ0) is 18.0. The minimum atomic E-state index is 0.00504. The van der Waals surface area contributed by atoms with Crippen LogP contribution in [0, 0.1) is 13.8 Å². The maximum Gasteiger partial charge on any atom is 0.254 e. The van der Waals surface area contributed by atoms with Crippen LogP contribution < -0.4 is 4.74 Å². The highest BCUT2D eigenvalue weighted by molar-refractivity contribution is 5.94. The van der Waals surface area contributed by atoms with Crippen molar-refractivity contribution in [2.24, 2.45) is 0 Å². The first kappa shape index (κ1) is 17.5. The third-order valence-corrected chi connectivity index (χ3v) is 4.51. The fraction of sp³-hybridized carbons (Fsp3) is 0.474. The van der Waals surface area contributed by atoms with Crippen LogP contribution in [0.15, 0.2) is 28.8 Å². The van der Waals surface area contributed by atoms with Crippen molar-refractivity contribution in [3.8, 4) is 5.75 Å². The van der Waals surface area contributed by atoms with Gasteiger partial charge in [0.2, 0.25) is 0 Å². The molecule has 1 aliphatic rings. The first-order chi connectivity index (χ1) is 12.0. The highest BCUT2D eigenvalue weighted by Crippen LogP contribution is 2.21. The van der Waals surface area contributed by atoms with E-state index < -0.39 is 0 Å². The number of hydrogen-bond acceptors (Lipinski definition) is 5. The minimum absolute atomic E-state index is 0.00504. The molecule has 1 fully saturated rings. The molecule has 134 valence electrons. The molecule has 0 unspecified atom stereocenters. The number of amides is 1. The molecule has 0 bridgehead atoms. The lowest BCUT2D eigenvalue weighted by molar-refractivity contribution is -0.0387. The Labute approximate surface area is 147 Å². The number of rotatable bonds is 4. The van der Waals surface area contributed by atoms with Gasteiger partial charge in [-0.3, -0.25) is 4.79 Å². The van der Waals surface area contributed by atoms with Crippen molar-refractivity contribution >= 4 is 5.91 Å². The molecule has 0 N–H and O–H groups in total. The van der Waals surface area contributed by atoms with E-state index in [0.29, 0.717) is 31.1 Å².